The second kappa shape index (κ2) is 6.69. The zero-order valence-corrected chi connectivity index (χ0v) is 14.8. The van der Waals surface area contributed by atoms with Crippen molar-refractivity contribution in [2.24, 2.45) is 17.1 Å². The SMILES string of the molecule is CC1(C)CC(=O)c2cc(C(=O)NC(CN)C3CC3)c(=O)[nH]c2C1.Cl. The van der Waals surface area contributed by atoms with Crippen LogP contribution in [-0.2, 0) is 6.42 Å². The molecule has 3 rings (SSSR count). The normalized spacial score (nSPS) is 19.9. The number of aromatic amines is 1. The number of hydrogen-bond acceptors (Lipinski definition) is 4. The minimum atomic E-state index is -0.450. The quantitative estimate of drug-likeness (QED) is 0.761. The lowest BCUT2D eigenvalue weighted by Crippen LogP contribution is -2.43. The molecule has 1 heterocycles. The first-order chi connectivity index (χ1) is 10.8. The summed E-state index contributed by atoms with van der Waals surface area (Å²) in [5.74, 6) is -0.0729. The number of carbonyl (C=O) groups is 2. The number of amides is 1. The monoisotopic (exact) mass is 353 g/mol. The van der Waals surface area contributed by atoms with Gasteiger partial charge >= 0.3 is 0 Å². The van der Waals surface area contributed by atoms with Crippen LogP contribution in [0.5, 0.6) is 0 Å². The summed E-state index contributed by atoms with van der Waals surface area (Å²) in [7, 11) is 0. The standard InChI is InChI=1S/C17H23N3O3.ClH/c1-17(2)6-12-10(14(21)7-17)5-11(15(22)19-12)16(23)20-13(8-18)9-3-4-9;/h5,9,13H,3-4,6-8,18H2,1-2H3,(H,19,22)(H,20,23);1H. The fourth-order valence-corrected chi connectivity index (χ4v) is 3.31. The molecule has 0 radical (unpaired) electrons. The molecule has 1 aromatic heterocycles. The Bertz CT molecular complexity index is 722. The number of nitrogens with one attached hydrogen (secondary N) is 2. The summed E-state index contributed by atoms with van der Waals surface area (Å²) >= 11 is 0. The third kappa shape index (κ3) is 3.70. The fraction of sp³-hybridized carbons (Fsp3) is 0.588. The molecule has 24 heavy (non-hydrogen) atoms. The highest BCUT2D eigenvalue weighted by molar-refractivity contribution is 6.02. The molecule has 1 saturated carbocycles. The largest absolute Gasteiger partial charge is 0.348 e. The highest BCUT2D eigenvalue weighted by atomic mass is 35.5. The van der Waals surface area contributed by atoms with Crippen molar-refractivity contribution in [2.45, 2.75) is 45.6 Å². The number of Topliss-reactive ketones (excluding diaryl/α,β-unsaturated/α-hetero) is 1. The Kier molecular flexibility index (Phi) is 5.20. The van der Waals surface area contributed by atoms with Crippen LogP contribution in [0.3, 0.4) is 0 Å². The van der Waals surface area contributed by atoms with E-state index >= 15 is 0 Å². The number of fused-ring (bicyclic) bond motifs is 1. The zero-order valence-electron chi connectivity index (χ0n) is 14.0. The third-order valence-corrected chi connectivity index (χ3v) is 4.72. The molecule has 6 nitrogen and oxygen atoms in total. The van der Waals surface area contributed by atoms with Crippen molar-refractivity contribution in [1.82, 2.24) is 10.3 Å². The van der Waals surface area contributed by atoms with Gasteiger partial charge in [-0.1, -0.05) is 13.8 Å². The van der Waals surface area contributed by atoms with Crippen LogP contribution in [0.2, 0.25) is 0 Å². The van der Waals surface area contributed by atoms with Gasteiger partial charge < -0.3 is 16.0 Å². The lowest BCUT2D eigenvalue weighted by atomic mass is 9.75. The molecule has 2 aliphatic carbocycles. The van der Waals surface area contributed by atoms with Gasteiger partial charge in [-0.05, 0) is 36.7 Å². The van der Waals surface area contributed by atoms with Crippen molar-refractivity contribution in [2.75, 3.05) is 6.54 Å². The van der Waals surface area contributed by atoms with Crippen molar-refractivity contribution in [1.29, 1.82) is 0 Å². The molecular formula is C17H24ClN3O3. The van der Waals surface area contributed by atoms with Gasteiger partial charge in [-0.3, -0.25) is 14.4 Å². The summed E-state index contributed by atoms with van der Waals surface area (Å²) in [6, 6.07) is 1.34. The number of nitrogens with two attached hydrogens (primary N) is 1. The lowest BCUT2D eigenvalue weighted by Gasteiger charge is -2.29. The average molecular weight is 354 g/mol. The highest BCUT2D eigenvalue weighted by Crippen LogP contribution is 2.34. The maximum absolute atomic E-state index is 12.4. The first-order valence-corrected chi connectivity index (χ1v) is 8.11. The molecule has 132 valence electrons. The molecule has 1 amide bonds. The number of carbonyl (C=O) groups excluding carboxylic acids is 2. The Hall–Kier alpha value is -1.66. The number of H-pyrrole nitrogens is 1. The molecule has 7 heteroatoms. The van der Waals surface area contributed by atoms with Crippen molar-refractivity contribution in [3.8, 4) is 0 Å². The van der Waals surface area contributed by atoms with E-state index in [9.17, 15) is 14.4 Å². The number of ketones is 1. The van der Waals surface area contributed by atoms with E-state index in [1.54, 1.807) is 0 Å². The molecular weight excluding hydrogens is 330 g/mol. The van der Waals surface area contributed by atoms with E-state index in [0.29, 0.717) is 36.6 Å². The van der Waals surface area contributed by atoms with Gasteiger partial charge in [-0.2, -0.15) is 0 Å². The first kappa shape index (κ1) is 18.7. The summed E-state index contributed by atoms with van der Waals surface area (Å²) in [4.78, 5) is 39.7. The second-order valence-corrected chi connectivity index (χ2v) is 7.50. The zero-order chi connectivity index (χ0) is 16.8. The Labute approximate surface area is 147 Å². The molecule has 0 aliphatic heterocycles. The number of rotatable bonds is 4. The van der Waals surface area contributed by atoms with Gasteiger partial charge in [0.2, 0.25) is 0 Å². The Morgan fingerprint density at radius 3 is 2.62 bits per heavy atom. The summed E-state index contributed by atoms with van der Waals surface area (Å²) in [6.07, 6.45) is 3.14. The average Bonchev–Trinajstić information content (AvgIpc) is 3.27. The maximum Gasteiger partial charge on any atom is 0.261 e. The van der Waals surface area contributed by atoms with Crippen molar-refractivity contribution < 1.29 is 9.59 Å². The van der Waals surface area contributed by atoms with Crippen LogP contribution in [0, 0.1) is 11.3 Å². The number of hydrogen-bond donors (Lipinski definition) is 3. The molecule has 0 aromatic carbocycles. The van der Waals surface area contributed by atoms with Gasteiger partial charge in [0, 0.05) is 30.3 Å². The van der Waals surface area contributed by atoms with Crippen LogP contribution in [0.25, 0.3) is 0 Å². The number of aromatic nitrogens is 1. The summed E-state index contributed by atoms with van der Waals surface area (Å²) in [5.41, 5.74) is 6.16. The van der Waals surface area contributed by atoms with Gasteiger partial charge in [-0.15, -0.1) is 12.4 Å². The van der Waals surface area contributed by atoms with E-state index in [4.69, 9.17) is 5.73 Å². The van der Waals surface area contributed by atoms with Gasteiger partial charge in [0.25, 0.3) is 11.5 Å². The molecule has 0 bridgehead atoms. The fourth-order valence-electron chi connectivity index (χ4n) is 3.31. The maximum atomic E-state index is 12.4. The Morgan fingerprint density at radius 2 is 2.04 bits per heavy atom. The van der Waals surface area contributed by atoms with E-state index in [-0.39, 0.29) is 35.2 Å². The Balaban J connectivity index is 0.00000208. The number of pyridine rings is 1. The van der Waals surface area contributed by atoms with Crippen LogP contribution in [-0.4, -0.2) is 29.3 Å². The molecule has 0 spiro atoms. The van der Waals surface area contributed by atoms with Crippen LogP contribution >= 0.6 is 12.4 Å². The molecule has 2 aliphatic rings. The van der Waals surface area contributed by atoms with E-state index in [0.717, 1.165) is 12.8 Å². The highest BCUT2D eigenvalue weighted by Gasteiger charge is 2.34. The van der Waals surface area contributed by atoms with Gasteiger partial charge in [0.15, 0.2) is 5.78 Å². The smallest absolute Gasteiger partial charge is 0.261 e. The van der Waals surface area contributed by atoms with Gasteiger partial charge in [0.05, 0.1) is 0 Å². The minimum absolute atomic E-state index is 0. The molecule has 1 aromatic rings. The van der Waals surface area contributed by atoms with E-state index < -0.39 is 11.5 Å². The van der Waals surface area contributed by atoms with Crippen molar-refractivity contribution in [3.05, 3.63) is 33.2 Å². The third-order valence-electron chi connectivity index (χ3n) is 4.72. The summed E-state index contributed by atoms with van der Waals surface area (Å²) in [5, 5.41) is 2.83. The molecule has 4 N–H and O–H groups in total. The van der Waals surface area contributed by atoms with Crippen LogP contribution in [0.15, 0.2) is 10.9 Å². The van der Waals surface area contributed by atoms with E-state index in [1.165, 1.54) is 6.07 Å². The molecule has 0 saturated heterocycles. The van der Waals surface area contributed by atoms with Crippen molar-refractivity contribution >= 4 is 24.1 Å². The Morgan fingerprint density at radius 1 is 1.38 bits per heavy atom. The summed E-state index contributed by atoms with van der Waals surface area (Å²) in [6.45, 7) is 4.34. The number of halogens is 1. The molecule has 1 fully saturated rings. The second-order valence-electron chi connectivity index (χ2n) is 7.50. The predicted octanol–water partition coefficient (Wildman–Crippen LogP) is 1.42. The summed E-state index contributed by atoms with van der Waals surface area (Å²) < 4.78 is 0. The predicted molar refractivity (Wildman–Crippen MR) is 93.8 cm³/mol. The topological polar surface area (TPSA) is 105 Å². The van der Waals surface area contributed by atoms with Crippen molar-refractivity contribution in [3.63, 3.8) is 0 Å². The molecule has 1 atom stereocenters. The minimum Gasteiger partial charge on any atom is -0.348 e. The van der Waals surface area contributed by atoms with Gasteiger partial charge in [-0.25, -0.2) is 0 Å². The van der Waals surface area contributed by atoms with Crippen LogP contribution in [0.4, 0.5) is 0 Å². The van der Waals surface area contributed by atoms with Gasteiger partial charge in [0.1, 0.15) is 5.56 Å². The lowest BCUT2D eigenvalue weighted by molar-refractivity contribution is 0.0910. The van der Waals surface area contributed by atoms with E-state index in [2.05, 4.69) is 10.3 Å². The molecule has 1 unspecified atom stereocenters. The van der Waals surface area contributed by atoms with E-state index in [1.807, 2.05) is 13.8 Å². The van der Waals surface area contributed by atoms with Crippen LogP contribution in [0.1, 0.15) is 59.5 Å². The van der Waals surface area contributed by atoms with Crippen LogP contribution < -0.4 is 16.6 Å². The first-order valence-electron chi connectivity index (χ1n) is 8.11.